The van der Waals surface area contributed by atoms with Crippen LogP contribution in [0, 0.1) is 0 Å². The van der Waals surface area contributed by atoms with Gasteiger partial charge in [0.25, 0.3) is 0 Å². The number of hydrogen-bond donors (Lipinski definition) is 1. The highest BCUT2D eigenvalue weighted by atomic mass is 16.5. The maximum absolute atomic E-state index is 12.1. The molecule has 1 saturated heterocycles. The monoisotopic (exact) mass is 276 g/mol. The van der Waals surface area contributed by atoms with Crippen LogP contribution in [0.3, 0.4) is 0 Å². The summed E-state index contributed by atoms with van der Waals surface area (Å²) < 4.78 is 5.06. The van der Waals surface area contributed by atoms with Crippen LogP contribution in [0.4, 0.5) is 5.69 Å². The summed E-state index contributed by atoms with van der Waals surface area (Å²) in [6.45, 7) is 1.54. The number of nitrogens with zero attached hydrogens (tertiary/aromatic N) is 1. The fourth-order valence-electron chi connectivity index (χ4n) is 2.09. The molecule has 1 atom stereocenters. The molecule has 0 bridgehead atoms. The van der Waals surface area contributed by atoms with E-state index in [1.165, 1.54) is 14.0 Å². The summed E-state index contributed by atoms with van der Waals surface area (Å²) in [7, 11) is 1.53. The maximum Gasteiger partial charge on any atom is 0.247 e. The van der Waals surface area contributed by atoms with Gasteiger partial charge in [-0.05, 0) is 19.1 Å². The summed E-state index contributed by atoms with van der Waals surface area (Å²) >= 11 is 0. The molecule has 0 unspecified atom stereocenters. The Hall–Kier alpha value is -2.37. The van der Waals surface area contributed by atoms with E-state index >= 15 is 0 Å². The predicted octanol–water partition coefficient (Wildman–Crippen LogP) is 1.17. The number of carbonyl (C=O) groups is 3. The third kappa shape index (κ3) is 2.79. The van der Waals surface area contributed by atoms with Crippen LogP contribution in [-0.4, -0.2) is 35.8 Å². The minimum absolute atomic E-state index is 0.176. The molecule has 3 amide bonds. The van der Waals surface area contributed by atoms with Crippen molar-refractivity contribution < 1.29 is 19.1 Å². The van der Waals surface area contributed by atoms with Gasteiger partial charge in [-0.15, -0.1) is 0 Å². The molecular formula is C14H16N2O4. The highest BCUT2D eigenvalue weighted by Crippen LogP contribution is 2.19. The van der Waals surface area contributed by atoms with E-state index in [4.69, 9.17) is 4.74 Å². The Morgan fingerprint density at radius 1 is 1.30 bits per heavy atom. The normalized spacial score (nSPS) is 16.2. The molecule has 1 aromatic carbocycles. The second-order valence-electron chi connectivity index (χ2n) is 4.55. The Labute approximate surface area is 116 Å². The number of amides is 3. The van der Waals surface area contributed by atoms with Crippen molar-refractivity contribution in [2.24, 2.45) is 0 Å². The van der Waals surface area contributed by atoms with Crippen LogP contribution in [0.25, 0.3) is 0 Å². The minimum atomic E-state index is -0.816. The number of carbonyl (C=O) groups excluding carboxylic acids is 3. The second kappa shape index (κ2) is 5.73. The fourth-order valence-corrected chi connectivity index (χ4v) is 2.09. The fraction of sp³-hybridized carbons (Fsp3) is 0.357. The Morgan fingerprint density at radius 3 is 2.55 bits per heavy atom. The first kappa shape index (κ1) is 14.0. The van der Waals surface area contributed by atoms with Gasteiger partial charge < -0.3 is 10.1 Å². The van der Waals surface area contributed by atoms with Gasteiger partial charge in [0.15, 0.2) is 0 Å². The zero-order valence-electron chi connectivity index (χ0n) is 11.4. The van der Waals surface area contributed by atoms with Gasteiger partial charge in [-0.1, -0.05) is 6.07 Å². The van der Waals surface area contributed by atoms with E-state index in [-0.39, 0.29) is 24.7 Å². The third-order valence-electron chi connectivity index (χ3n) is 3.19. The minimum Gasteiger partial charge on any atom is -0.497 e. The van der Waals surface area contributed by atoms with Crippen molar-refractivity contribution >= 4 is 23.4 Å². The smallest absolute Gasteiger partial charge is 0.247 e. The lowest BCUT2D eigenvalue weighted by Gasteiger charge is -2.21. The first-order valence-electron chi connectivity index (χ1n) is 6.32. The standard InChI is InChI=1S/C14H16N2O4/c1-9(16-12(17)6-7-13(16)18)14(19)15-10-4-3-5-11(8-10)20-2/h3-5,8-9H,6-7H2,1-2H3,(H,15,19)/t9-/m0/s1. The lowest BCUT2D eigenvalue weighted by Crippen LogP contribution is -2.44. The first-order valence-corrected chi connectivity index (χ1v) is 6.32. The van der Waals surface area contributed by atoms with Crippen molar-refractivity contribution in [3.8, 4) is 5.75 Å². The van der Waals surface area contributed by atoms with Crippen LogP contribution in [0.15, 0.2) is 24.3 Å². The molecule has 0 spiro atoms. The van der Waals surface area contributed by atoms with E-state index < -0.39 is 11.9 Å². The highest BCUT2D eigenvalue weighted by molar-refractivity contribution is 6.07. The molecule has 0 saturated carbocycles. The van der Waals surface area contributed by atoms with Gasteiger partial charge in [-0.25, -0.2) is 0 Å². The molecule has 20 heavy (non-hydrogen) atoms. The Bertz CT molecular complexity index is 540. The Balaban J connectivity index is 2.07. The molecule has 6 nitrogen and oxygen atoms in total. The van der Waals surface area contributed by atoms with Crippen LogP contribution in [0.1, 0.15) is 19.8 Å². The molecule has 1 aliphatic rings. The van der Waals surface area contributed by atoms with Gasteiger partial charge in [0.2, 0.25) is 17.7 Å². The summed E-state index contributed by atoms with van der Waals surface area (Å²) in [6.07, 6.45) is 0.352. The number of imide groups is 1. The number of rotatable bonds is 4. The van der Waals surface area contributed by atoms with E-state index in [0.717, 1.165) is 4.90 Å². The quantitative estimate of drug-likeness (QED) is 0.838. The van der Waals surface area contributed by atoms with Crippen LogP contribution in [0.5, 0.6) is 5.75 Å². The van der Waals surface area contributed by atoms with Crippen LogP contribution in [0.2, 0.25) is 0 Å². The molecule has 1 aliphatic heterocycles. The lowest BCUT2D eigenvalue weighted by atomic mass is 10.2. The number of ether oxygens (including phenoxy) is 1. The lowest BCUT2D eigenvalue weighted by molar-refractivity contribution is -0.144. The van der Waals surface area contributed by atoms with Crippen LogP contribution < -0.4 is 10.1 Å². The zero-order chi connectivity index (χ0) is 14.7. The topological polar surface area (TPSA) is 75.7 Å². The van der Waals surface area contributed by atoms with Crippen molar-refractivity contribution in [2.45, 2.75) is 25.8 Å². The number of anilines is 1. The van der Waals surface area contributed by atoms with Gasteiger partial charge in [0.05, 0.1) is 7.11 Å². The molecule has 0 aromatic heterocycles. The number of hydrogen-bond acceptors (Lipinski definition) is 4. The molecule has 1 aromatic rings. The molecule has 106 valence electrons. The summed E-state index contributed by atoms with van der Waals surface area (Å²) in [5, 5.41) is 2.67. The molecule has 1 fully saturated rings. The van der Waals surface area contributed by atoms with Crippen molar-refractivity contribution in [3.05, 3.63) is 24.3 Å². The van der Waals surface area contributed by atoms with Crippen molar-refractivity contribution in [3.63, 3.8) is 0 Å². The van der Waals surface area contributed by atoms with Gasteiger partial charge in [-0.2, -0.15) is 0 Å². The van der Waals surface area contributed by atoms with Crippen molar-refractivity contribution in [1.82, 2.24) is 4.90 Å². The number of benzene rings is 1. The van der Waals surface area contributed by atoms with Crippen molar-refractivity contribution in [1.29, 1.82) is 0 Å². The van der Waals surface area contributed by atoms with E-state index in [9.17, 15) is 14.4 Å². The number of likely N-dealkylation sites (tertiary alicyclic amines) is 1. The number of methoxy groups -OCH3 is 1. The van der Waals surface area contributed by atoms with E-state index in [1.54, 1.807) is 24.3 Å². The van der Waals surface area contributed by atoms with Gasteiger partial charge >= 0.3 is 0 Å². The Kier molecular flexibility index (Phi) is 4.02. The molecule has 2 rings (SSSR count). The van der Waals surface area contributed by atoms with E-state index in [2.05, 4.69) is 5.32 Å². The summed E-state index contributed by atoms with van der Waals surface area (Å²) in [5.74, 6) is -0.391. The SMILES string of the molecule is COc1cccc(NC(=O)[C@H](C)N2C(=O)CCC2=O)c1. The predicted molar refractivity (Wildman–Crippen MR) is 72.2 cm³/mol. The molecule has 6 heteroatoms. The van der Waals surface area contributed by atoms with Crippen LogP contribution in [-0.2, 0) is 14.4 Å². The van der Waals surface area contributed by atoms with Crippen molar-refractivity contribution in [2.75, 3.05) is 12.4 Å². The molecule has 1 N–H and O–H groups in total. The Morgan fingerprint density at radius 2 is 1.95 bits per heavy atom. The first-order chi connectivity index (χ1) is 9.52. The average molecular weight is 276 g/mol. The molecule has 0 aliphatic carbocycles. The van der Waals surface area contributed by atoms with Gasteiger partial charge in [-0.3, -0.25) is 19.3 Å². The number of nitrogens with one attached hydrogen (secondary N) is 1. The van der Waals surface area contributed by atoms with Gasteiger partial charge in [0, 0.05) is 24.6 Å². The highest BCUT2D eigenvalue weighted by Gasteiger charge is 2.36. The summed E-state index contributed by atoms with van der Waals surface area (Å²) in [5.41, 5.74) is 0.556. The maximum atomic E-state index is 12.1. The summed E-state index contributed by atoms with van der Waals surface area (Å²) in [4.78, 5) is 36.3. The summed E-state index contributed by atoms with van der Waals surface area (Å²) in [6, 6.07) is 6.06. The average Bonchev–Trinajstić information content (AvgIpc) is 2.77. The van der Waals surface area contributed by atoms with E-state index in [0.29, 0.717) is 11.4 Å². The molecular weight excluding hydrogens is 260 g/mol. The third-order valence-corrected chi connectivity index (χ3v) is 3.19. The van der Waals surface area contributed by atoms with E-state index in [1.807, 2.05) is 0 Å². The largest absolute Gasteiger partial charge is 0.497 e. The zero-order valence-corrected chi connectivity index (χ0v) is 11.4. The second-order valence-corrected chi connectivity index (χ2v) is 4.55. The van der Waals surface area contributed by atoms with Crippen LogP contribution >= 0.6 is 0 Å². The molecule has 1 heterocycles. The van der Waals surface area contributed by atoms with Gasteiger partial charge in [0.1, 0.15) is 11.8 Å². The molecule has 0 radical (unpaired) electrons.